The smallest absolute Gasteiger partial charge is 0.335 e. The van der Waals surface area contributed by atoms with Crippen LogP contribution in [0.2, 0.25) is 0 Å². The van der Waals surface area contributed by atoms with E-state index in [1.807, 2.05) is 0 Å². The Bertz CT molecular complexity index is 1610. The number of fused-ring (bicyclic) bond motifs is 2. The molecule has 0 unspecified atom stereocenters. The lowest BCUT2D eigenvalue weighted by Crippen LogP contribution is -2.38. The molecular weight excluding hydrogens is 479 g/mol. The van der Waals surface area contributed by atoms with Gasteiger partial charge in [0.1, 0.15) is 6.54 Å². The predicted octanol–water partition coefficient (Wildman–Crippen LogP) is 1.75. The van der Waals surface area contributed by atoms with Crippen LogP contribution in [0, 0.1) is 0 Å². The van der Waals surface area contributed by atoms with Gasteiger partial charge in [-0.25, -0.2) is 9.78 Å². The largest absolute Gasteiger partial charge is 0.416 e. The molecule has 0 radical (unpaired) electrons. The molecule has 1 aliphatic rings. The summed E-state index contributed by atoms with van der Waals surface area (Å²) in [5.41, 5.74) is -0.0296. The lowest BCUT2D eigenvalue weighted by Gasteiger charge is -2.20. The van der Waals surface area contributed by atoms with E-state index in [4.69, 9.17) is 0 Å². The fourth-order valence-corrected chi connectivity index (χ4v) is 4.43. The summed E-state index contributed by atoms with van der Waals surface area (Å²) in [4.78, 5) is 43.8. The Labute approximate surface area is 201 Å². The number of rotatable bonds is 3. The molecule has 0 atom stereocenters. The van der Waals surface area contributed by atoms with E-state index in [-0.39, 0.29) is 30.2 Å². The second-order valence-electron chi connectivity index (χ2n) is 8.74. The van der Waals surface area contributed by atoms with Gasteiger partial charge in [0, 0.05) is 32.7 Å². The lowest BCUT2D eigenvalue weighted by molar-refractivity contribution is -0.137. The number of amides is 1. The normalized spacial score (nSPS) is 14.2. The van der Waals surface area contributed by atoms with Crippen LogP contribution in [0.3, 0.4) is 0 Å². The molecule has 0 bridgehead atoms. The Morgan fingerprint density at radius 2 is 1.86 bits per heavy atom. The Hall–Kier alpha value is -4.16. The quantitative estimate of drug-likeness (QED) is 0.426. The molecule has 0 spiro atoms. The number of imidazole rings is 1. The minimum Gasteiger partial charge on any atom is -0.335 e. The van der Waals surface area contributed by atoms with Crippen molar-refractivity contribution in [3.8, 4) is 11.3 Å². The third-order valence-electron chi connectivity index (χ3n) is 6.38. The highest BCUT2D eigenvalue weighted by Crippen LogP contribution is 2.32. The lowest BCUT2D eigenvalue weighted by atomic mass is 10.1. The zero-order valence-corrected chi connectivity index (χ0v) is 19.5. The Morgan fingerprint density at radius 1 is 1.08 bits per heavy atom. The second kappa shape index (κ2) is 8.50. The van der Waals surface area contributed by atoms with Gasteiger partial charge in [-0.2, -0.15) is 18.3 Å². The van der Waals surface area contributed by atoms with Crippen molar-refractivity contribution in [2.24, 2.45) is 14.1 Å². The van der Waals surface area contributed by atoms with Crippen molar-refractivity contribution in [1.29, 1.82) is 0 Å². The van der Waals surface area contributed by atoms with E-state index in [0.717, 1.165) is 16.7 Å². The maximum atomic E-state index is 13.2. The second-order valence-corrected chi connectivity index (χ2v) is 8.74. The van der Waals surface area contributed by atoms with Gasteiger partial charge in [0.05, 0.1) is 29.8 Å². The topological polar surface area (TPSA) is 99.9 Å². The maximum Gasteiger partial charge on any atom is 0.416 e. The van der Waals surface area contributed by atoms with Crippen LogP contribution in [0.1, 0.15) is 17.7 Å². The number of aromatic nitrogens is 6. The van der Waals surface area contributed by atoms with Crippen LogP contribution in [0.4, 0.5) is 13.2 Å². The van der Waals surface area contributed by atoms with Crippen LogP contribution in [0.5, 0.6) is 0 Å². The molecule has 1 aromatic carbocycles. The third-order valence-corrected chi connectivity index (χ3v) is 6.38. The molecule has 1 aliphatic heterocycles. The molecule has 4 heterocycles. The van der Waals surface area contributed by atoms with Crippen molar-refractivity contribution in [2.75, 3.05) is 6.54 Å². The highest BCUT2D eigenvalue weighted by Gasteiger charge is 2.31. The molecule has 0 saturated heterocycles. The van der Waals surface area contributed by atoms with E-state index in [9.17, 15) is 27.6 Å². The summed E-state index contributed by atoms with van der Waals surface area (Å²) >= 11 is 0. The Kier molecular flexibility index (Phi) is 5.57. The number of aryl methyl sites for hydroxylation is 2. The zero-order valence-electron chi connectivity index (χ0n) is 19.5. The molecule has 36 heavy (non-hydrogen) atoms. The van der Waals surface area contributed by atoms with Crippen molar-refractivity contribution in [1.82, 2.24) is 33.4 Å². The van der Waals surface area contributed by atoms with Gasteiger partial charge in [0.15, 0.2) is 11.2 Å². The van der Waals surface area contributed by atoms with Gasteiger partial charge in [0.25, 0.3) is 5.56 Å². The summed E-state index contributed by atoms with van der Waals surface area (Å²) in [6.45, 7) is 1.02. The number of nitrogens with zero attached hydrogens (tertiary/aromatic N) is 7. The molecule has 0 aliphatic carbocycles. The molecular formula is C23H22F3N7O3. The number of alkyl halides is 3. The molecule has 188 valence electrons. The van der Waals surface area contributed by atoms with E-state index in [2.05, 4.69) is 10.1 Å². The average Bonchev–Trinajstić information content (AvgIpc) is 3.39. The van der Waals surface area contributed by atoms with Gasteiger partial charge in [-0.15, -0.1) is 0 Å². The zero-order chi connectivity index (χ0) is 25.8. The van der Waals surface area contributed by atoms with Crippen LogP contribution in [-0.4, -0.2) is 45.8 Å². The molecule has 0 fully saturated rings. The van der Waals surface area contributed by atoms with Gasteiger partial charge in [-0.1, -0.05) is 12.1 Å². The summed E-state index contributed by atoms with van der Waals surface area (Å²) in [5, 5.41) is 4.47. The average molecular weight is 501 g/mol. The first-order valence-electron chi connectivity index (χ1n) is 11.2. The maximum absolute atomic E-state index is 13.2. The van der Waals surface area contributed by atoms with Crippen molar-refractivity contribution in [2.45, 2.75) is 32.2 Å². The first-order chi connectivity index (χ1) is 17.0. The number of carbonyl (C=O) groups excluding carboxylic acids is 1. The highest BCUT2D eigenvalue weighted by molar-refractivity contribution is 5.79. The van der Waals surface area contributed by atoms with Crippen molar-refractivity contribution in [3.63, 3.8) is 0 Å². The SMILES string of the molecule is Cn1c(=O)c2c(ncn2CC(=O)N2CCCn3nc(-c4cccc(C(F)(F)F)c4)cc3C2)n(C)c1=O. The molecule has 5 rings (SSSR count). The molecule has 1 amide bonds. The third kappa shape index (κ3) is 3.99. The van der Waals surface area contributed by atoms with Crippen LogP contribution < -0.4 is 11.2 Å². The molecule has 10 nitrogen and oxygen atoms in total. The highest BCUT2D eigenvalue weighted by atomic mass is 19.4. The van der Waals surface area contributed by atoms with Gasteiger partial charge < -0.3 is 9.47 Å². The first kappa shape index (κ1) is 23.6. The van der Waals surface area contributed by atoms with Crippen molar-refractivity contribution < 1.29 is 18.0 Å². The Morgan fingerprint density at radius 3 is 2.61 bits per heavy atom. The van der Waals surface area contributed by atoms with E-state index in [0.29, 0.717) is 36.5 Å². The number of carbonyl (C=O) groups is 1. The minimum atomic E-state index is -4.46. The molecule has 13 heteroatoms. The summed E-state index contributed by atoms with van der Waals surface area (Å²) in [5.74, 6) is -0.263. The first-order valence-corrected chi connectivity index (χ1v) is 11.2. The van der Waals surface area contributed by atoms with E-state index < -0.39 is 23.0 Å². The van der Waals surface area contributed by atoms with E-state index in [1.165, 1.54) is 35.6 Å². The van der Waals surface area contributed by atoms with E-state index >= 15 is 0 Å². The standard InChI is InChI=1S/C23H22F3N7O3/c1-29-20-19(21(35)30(2)22(29)36)32(13-27-20)12-18(34)31-7-4-8-33-16(11-31)10-17(28-33)14-5-3-6-15(9-14)23(24,25)26/h3,5-6,9-10,13H,4,7-8,11-12H2,1-2H3. The van der Waals surface area contributed by atoms with Crippen molar-refractivity contribution in [3.05, 3.63) is 68.8 Å². The summed E-state index contributed by atoms with van der Waals surface area (Å²) in [7, 11) is 2.86. The molecule has 4 aromatic rings. The number of halogens is 3. The molecule has 0 saturated carbocycles. The van der Waals surface area contributed by atoms with E-state index in [1.54, 1.807) is 21.7 Å². The van der Waals surface area contributed by atoms with Gasteiger partial charge in [-0.3, -0.25) is 23.4 Å². The number of hydrogen-bond acceptors (Lipinski definition) is 5. The molecule has 0 N–H and O–H groups in total. The summed E-state index contributed by atoms with van der Waals surface area (Å²) < 4.78 is 44.7. The van der Waals surface area contributed by atoms with Crippen LogP contribution in [-0.2, 0) is 44.7 Å². The van der Waals surface area contributed by atoms with Crippen LogP contribution in [0.25, 0.3) is 22.4 Å². The monoisotopic (exact) mass is 501 g/mol. The number of benzene rings is 1. The fourth-order valence-electron chi connectivity index (χ4n) is 4.43. The van der Waals surface area contributed by atoms with Gasteiger partial charge in [-0.05, 0) is 24.6 Å². The minimum absolute atomic E-state index is 0.152. The summed E-state index contributed by atoms with van der Waals surface area (Å²) in [6, 6.07) is 6.67. The Balaban J connectivity index is 1.41. The van der Waals surface area contributed by atoms with Crippen LogP contribution in [0.15, 0.2) is 46.2 Å². The van der Waals surface area contributed by atoms with Gasteiger partial charge in [0.2, 0.25) is 5.91 Å². The molecule has 3 aromatic heterocycles. The number of hydrogen-bond donors (Lipinski definition) is 0. The van der Waals surface area contributed by atoms with Crippen LogP contribution >= 0.6 is 0 Å². The van der Waals surface area contributed by atoms with Gasteiger partial charge >= 0.3 is 11.9 Å². The predicted molar refractivity (Wildman–Crippen MR) is 123 cm³/mol. The van der Waals surface area contributed by atoms with Crippen molar-refractivity contribution >= 4 is 17.1 Å². The summed E-state index contributed by atoms with van der Waals surface area (Å²) in [6.07, 6.45) is -2.50. The fraction of sp³-hybridized carbons (Fsp3) is 0.348.